The van der Waals surface area contributed by atoms with Crippen molar-refractivity contribution in [2.24, 2.45) is 5.92 Å². The molecule has 4 heterocycles. The van der Waals surface area contributed by atoms with Crippen LogP contribution in [-0.2, 0) is 25.6 Å². The van der Waals surface area contributed by atoms with E-state index >= 15 is 0 Å². The average molecular weight is 740 g/mol. The number of hydrogen-bond donors (Lipinski definition) is 1. The Morgan fingerprint density at radius 1 is 0.980 bits per heavy atom. The van der Waals surface area contributed by atoms with Gasteiger partial charge in [0.25, 0.3) is 12.4 Å². The predicted molar refractivity (Wildman–Crippen MR) is 194 cm³/mol. The molecule has 2 amide bonds. The van der Waals surface area contributed by atoms with Gasteiger partial charge in [-0.3, -0.25) is 14.5 Å². The van der Waals surface area contributed by atoms with E-state index in [4.69, 9.17) is 42.4 Å². The van der Waals surface area contributed by atoms with Gasteiger partial charge in [0, 0.05) is 73.8 Å². The first-order valence-electron chi connectivity index (χ1n) is 17.3. The summed E-state index contributed by atoms with van der Waals surface area (Å²) in [4.78, 5) is 51.6. The molecule has 0 bridgehead atoms. The van der Waals surface area contributed by atoms with Crippen molar-refractivity contribution in [2.45, 2.75) is 64.2 Å². The zero-order valence-electron chi connectivity index (χ0n) is 29.2. The van der Waals surface area contributed by atoms with E-state index in [9.17, 15) is 14.4 Å². The maximum atomic E-state index is 12.9. The molecule has 272 valence electrons. The molecule has 1 saturated carbocycles. The third-order valence-electron chi connectivity index (χ3n) is 9.27. The molecule has 0 unspecified atom stereocenters. The number of pyridine rings is 2. The molecule has 3 aliphatic rings. The van der Waals surface area contributed by atoms with Crippen LogP contribution in [0.5, 0.6) is 11.6 Å². The number of carbonyl (C=O) groups excluding carboxylic acids is 3. The Bertz CT molecular complexity index is 1700. The fourth-order valence-electron chi connectivity index (χ4n) is 6.46. The van der Waals surface area contributed by atoms with E-state index in [1.54, 1.807) is 17.2 Å². The number of ether oxygens (including phenoxy) is 3. The van der Waals surface area contributed by atoms with E-state index in [2.05, 4.69) is 20.1 Å². The van der Waals surface area contributed by atoms with Gasteiger partial charge in [0.2, 0.25) is 5.88 Å². The summed E-state index contributed by atoms with van der Waals surface area (Å²) in [5, 5.41) is 3.94. The minimum atomic E-state index is -0.954. The number of carbonyl (C=O) groups is 3. The Hall–Kier alpha value is -4.13. The van der Waals surface area contributed by atoms with E-state index in [1.807, 2.05) is 57.2 Å². The van der Waals surface area contributed by atoms with E-state index in [0.29, 0.717) is 91.9 Å². The van der Waals surface area contributed by atoms with Gasteiger partial charge < -0.3 is 29.3 Å². The summed E-state index contributed by atoms with van der Waals surface area (Å²) in [6.45, 7) is 11.3. The lowest BCUT2D eigenvalue weighted by molar-refractivity contribution is -0.154. The third kappa shape index (κ3) is 9.81. The second kappa shape index (κ2) is 15.6. The van der Waals surface area contributed by atoms with Gasteiger partial charge in [-0.05, 0) is 94.6 Å². The molecule has 0 radical (unpaired) electrons. The number of benzene rings is 1. The lowest BCUT2D eigenvalue weighted by Crippen LogP contribution is -2.52. The minimum absolute atomic E-state index is 0.114. The van der Waals surface area contributed by atoms with Crippen molar-refractivity contribution < 1.29 is 28.6 Å². The normalized spacial score (nSPS) is 17.8. The van der Waals surface area contributed by atoms with Crippen LogP contribution in [-0.4, -0.2) is 95.3 Å². The molecule has 0 spiro atoms. The topological polar surface area (TPSA) is 126 Å². The molecule has 3 fully saturated rings. The Labute approximate surface area is 308 Å². The standard InChI is InChI=1S/C37H44Cl2N6O6/c1-36(2,3)51-35(48)41-21-25-6-10-43(11-7-25)23-26-16-31(27-18-28(38)20-29(39)19-27)42-33(17-26)50-30-4-5-32(40-22-30)44-12-14-45(15-13-44)34(47)37(8-9-37)49-24-46/h4-5,16-20,22,24-25H,6-15,21,23H2,1-3H3,(H,41,48). The summed E-state index contributed by atoms with van der Waals surface area (Å²) in [5.74, 6) is 2.00. The number of amides is 2. The van der Waals surface area contributed by atoms with Crippen molar-refractivity contribution in [2.75, 3.05) is 50.7 Å². The molecule has 1 aliphatic carbocycles. The molecule has 1 aromatic carbocycles. The fourth-order valence-corrected chi connectivity index (χ4v) is 6.98. The quantitative estimate of drug-likeness (QED) is 0.223. The summed E-state index contributed by atoms with van der Waals surface area (Å²) in [6.07, 6.45) is 4.36. The van der Waals surface area contributed by atoms with Crippen LogP contribution in [0.3, 0.4) is 0 Å². The van der Waals surface area contributed by atoms with Gasteiger partial charge in [-0.1, -0.05) is 23.2 Å². The molecule has 12 nitrogen and oxygen atoms in total. The predicted octanol–water partition coefficient (Wildman–Crippen LogP) is 6.33. The molecular weight excluding hydrogens is 695 g/mol. The van der Waals surface area contributed by atoms with Gasteiger partial charge in [-0.2, -0.15) is 0 Å². The van der Waals surface area contributed by atoms with Crippen LogP contribution in [0.2, 0.25) is 10.0 Å². The number of halogens is 2. The smallest absolute Gasteiger partial charge is 0.407 e. The highest BCUT2D eigenvalue weighted by Crippen LogP contribution is 2.41. The van der Waals surface area contributed by atoms with Gasteiger partial charge in [0.15, 0.2) is 5.60 Å². The van der Waals surface area contributed by atoms with Crippen molar-refractivity contribution in [1.29, 1.82) is 0 Å². The lowest BCUT2D eigenvalue weighted by Gasteiger charge is -2.36. The Morgan fingerprint density at radius 2 is 1.69 bits per heavy atom. The number of aromatic nitrogens is 2. The molecular formula is C37H44Cl2N6O6. The van der Waals surface area contributed by atoms with Crippen LogP contribution in [0.1, 0.15) is 52.0 Å². The molecule has 6 rings (SSSR count). The Morgan fingerprint density at radius 3 is 2.29 bits per heavy atom. The number of alkyl carbamates (subject to hydrolysis) is 1. The molecule has 2 saturated heterocycles. The number of hydrogen-bond acceptors (Lipinski definition) is 10. The van der Waals surface area contributed by atoms with Gasteiger partial charge in [-0.25, -0.2) is 14.8 Å². The molecule has 1 N–H and O–H groups in total. The zero-order chi connectivity index (χ0) is 36.2. The van der Waals surface area contributed by atoms with Crippen molar-refractivity contribution >= 4 is 47.5 Å². The largest absolute Gasteiger partial charge is 0.451 e. The second-order valence-corrected chi connectivity index (χ2v) is 15.3. The fraction of sp³-hybridized carbons (Fsp3) is 0.486. The second-order valence-electron chi connectivity index (χ2n) is 14.4. The monoisotopic (exact) mass is 738 g/mol. The summed E-state index contributed by atoms with van der Waals surface area (Å²) >= 11 is 12.7. The highest BCUT2D eigenvalue weighted by atomic mass is 35.5. The number of anilines is 1. The highest BCUT2D eigenvalue weighted by molar-refractivity contribution is 6.35. The maximum Gasteiger partial charge on any atom is 0.407 e. The van der Waals surface area contributed by atoms with E-state index in [1.165, 1.54) is 0 Å². The SMILES string of the molecule is CC(C)(C)OC(=O)NCC1CCN(Cc2cc(Oc3ccc(N4CCN(C(=O)C5(OC=O)CC5)CC4)nc3)nc(-c3cc(Cl)cc(Cl)c3)c2)CC1. The highest BCUT2D eigenvalue weighted by Gasteiger charge is 2.54. The van der Waals surface area contributed by atoms with Crippen molar-refractivity contribution in [3.8, 4) is 22.9 Å². The first kappa shape index (κ1) is 36.7. The maximum absolute atomic E-state index is 12.9. The zero-order valence-corrected chi connectivity index (χ0v) is 30.7. The average Bonchev–Trinajstić information content (AvgIpc) is 3.88. The number of rotatable bonds is 11. The van der Waals surface area contributed by atoms with E-state index < -0.39 is 11.2 Å². The van der Waals surface area contributed by atoms with Crippen LogP contribution in [0.15, 0.2) is 48.7 Å². The van der Waals surface area contributed by atoms with Gasteiger partial charge in [-0.15, -0.1) is 0 Å². The summed E-state index contributed by atoms with van der Waals surface area (Å²) < 4.78 is 16.8. The number of nitrogens with zero attached hydrogens (tertiary/aromatic N) is 5. The van der Waals surface area contributed by atoms with Gasteiger partial charge >= 0.3 is 6.09 Å². The van der Waals surface area contributed by atoms with Crippen LogP contribution >= 0.6 is 23.2 Å². The number of piperazine rings is 1. The van der Waals surface area contributed by atoms with E-state index in [-0.39, 0.29) is 12.0 Å². The number of nitrogens with one attached hydrogen (secondary N) is 1. The molecule has 51 heavy (non-hydrogen) atoms. The summed E-state index contributed by atoms with van der Waals surface area (Å²) in [6, 6.07) is 13.1. The van der Waals surface area contributed by atoms with Crippen LogP contribution < -0.4 is 15.0 Å². The number of likely N-dealkylation sites (tertiary alicyclic amines) is 1. The van der Waals surface area contributed by atoms with Crippen molar-refractivity contribution in [3.63, 3.8) is 0 Å². The summed E-state index contributed by atoms with van der Waals surface area (Å²) in [5.41, 5.74) is 1.02. The number of piperidine rings is 1. The Kier molecular flexibility index (Phi) is 11.2. The van der Waals surface area contributed by atoms with E-state index in [0.717, 1.165) is 42.9 Å². The van der Waals surface area contributed by atoms with Crippen LogP contribution in [0.4, 0.5) is 10.6 Å². The first-order valence-corrected chi connectivity index (χ1v) is 18.1. The van der Waals surface area contributed by atoms with Crippen LogP contribution in [0, 0.1) is 5.92 Å². The molecule has 3 aromatic rings. The molecule has 2 aromatic heterocycles. The van der Waals surface area contributed by atoms with Crippen molar-refractivity contribution in [1.82, 2.24) is 25.1 Å². The van der Waals surface area contributed by atoms with Gasteiger partial charge in [0.1, 0.15) is 17.2 Å². The molecule has 2 aliphatic heterocycles. The summed E-state index contributed by atoms with van der Waals surface area (Å²) in [7, 11) is 0. The lowest BCUT2D eigenvalue weighted by atomic mass is 9.96. The third-order valence-corrected chi connectivity index (χ3v) is 9.71. The van der Waals surface area contributed by atoms with Crippen LogP contribution in [0.25, 0.3) is 11.3 Å². The first-order chi connectivity index (χ1) is 24.4. The molecule has 14 heteroatoms. The minimum Gasteiger partial charge on any atom is -0.451 e. The van der Waals surface area contributed by atoms with Gasteiger partial charge in [0.05, 0.1) is 11.9 Å². The Balaban J connectivity index is 1.09. The van der Waals surface area contributed by atoms with Crippen molar-refractivity contribution in [3.05, 3.63) is 64.3 Å². The molecule has 0 atom stereocenters.